The van der Waals surface area contributed by atoms with E-state index in [1.165, 1.54) is 6.42 Å². The number of ether oxygens (including phenoxy) is 1. The maximum atomic E-state index is 10.4. The third-order valence-corrected chi connectivity index (χ3v) is 4.21. The van der Waals surface area contributed by atoms with Gasteiger partial charge in [0.2, 0.25) is 0 Å². The summed E-state index contributed by atoms with van der Waals surface area (Å²) >= 11 is 0. The van der Waals surface area contributed by atoms with E-state index in [4.69, 9.17) is 9.84 Å². The van der Waals surface area contributed by atoms with Gasteiger partial charge in [-0.3, -0.25) is 4.79 Å². The van der Waals surface area contributed by atoms with Crippen molar-refractivity contribution in [2.24, 2.45) is 0 Å². The summed E-state index contributed by atoms with van der Waals surface area (Å²) in [4.78, 5) is 10.4. The van der Waals surface area contributed by atoms with Crippen molar-refractivity contribution in [3.8, 4) is 0 Å². The number of hydrogen-bond acceptors (Lipinski definition) is 3. The van der Waals surface area contributed by atoms with E-state index in [9.17, 15) is 9.90 Å². The van der Waals surface area contributed by atoms with Crippen molar-refractivity contribution < 1.29 is 19.7 Å². The van der Waals surface area contributed by atoms with Gasteiger partial charge in [-0.25, -0.2) is 0 Å². The lowest BCUT2D eigenvalue weighted by Crippen LogP contribution is -2.28. The number of allylic oxidation sites excluding steroid dienone is 1. The second kappa shape index (κ2) is 17.0. The molecule has 0 spiro atoms. The number of unbranched alkanes of at least 4 members (excludes halogenated alkanes) is 7. The van der Waals surface area contributed by atoms with E-state index in [2.05, 4.69) is 19.1 Å². The number of hydrogen-bond donors (Lipinski definition) is 2. The lowest BCUT2D eigenvalue weighted by molar-refractivity contribution is -0.137. The van der Waals surface area contributed by atoms with Crippen molar-refractivity contribution in [3.63, 3.8) is 0 Å². The molecular formula is C20H38O4. The van der Waals surface area contributed by atoms with E-state index in [0.29, 0.717) is 13.0 Å². The van der Waals surface area contributed by atoms with Crippen LogP contribution >= 0.6 is 0 Å². The molecule has 0 aliphatic carbocycles. The normalized spacial score (nSPS) is 14.1. The van der Waals surface area contributed by atoms with Crippen LogP contribution < -0.4 is 0 Å². The molecule has 4 heteroatoms. The predicted molar refractivity (Wildman–Crippen MR) is 99.3 cm³/mol. The van der Waals surface area contributed by atoms with Crippen LogP contribution in [0, 0.1) is 0 Å². The average Bonchev–Trinajstić information content (AvgIpc) is 2.55. The quantitative estimate of drug-likeness (QED) is 0.285. The molecule has 0 aliphatic heterocycles. The third kappa shape index (κ3) is 14.7. The Bertz CT molecular complexity index is 315. The molecule has 24 heavy (non-hydrogen) atoms. The SMILES string of the molecule is CCCCCC(O)C(CC=CCCCCCCCC(=O)O)OCC. The van der Waals surface area contributed by atoms with Crippen molar-refractivity contribution in [2.45, 2.75) is 103 Å². The first-order valence-corrected chi connectivity index (χ1v) is 9.78. The van der Waals surface area contributed by atoms with Gasteiger partial charge in [-0.2, -0.15) is 0 Å². The number of carbonyl (C=O) groups is 1. The fraction of sp³-hybridized carbons (Fsp3) is 0.850. The molecule has 0 aliphatic rings. The summed E-state index contributed by atoms with van der Waals surface area (Å²) in [5.74, 6) is -0.696. The number of aliphatic hydroxyl groups is 1. The Morgan fingerprint density at radius 1 is 1.00 bits per heavy atom. The van der Waals surface area contributed by atoms with Crippen LogP contribution in [-0.4, -0.2) is 35.0 Å². The van der Waals surface area contributed by atoms with Crippen LogP contribution in [0.5, 0.6) is 0 Å². The summed E-state index contributed by atoms with van der Waals surface area (Å²) in [5, 5.41) is 18.8. The zero-order valence-electron chi connectivity index (χ0n) is 15.7. The van der Waals surface area contributed by atoms with Crippen LogP contribution in [0.1, 0.15) is 90.9 Å². The van der Waals surface area contributed by atoms with Crippen LogP contribution in [0.3, 0.4) is 0 Å². The summed E-state index contributed by atoms with van der Waals surface area (Å²) in [6.45, 7) is 4.78. The summed E-state index contributed by atoms with van der Waals surface area (Å²) in [7, 11) is 0. The molecule has 0 saturated carbocycles. The number of aliphatic hydroxyl groups excluding tert-OH is 1. The Morgan fingerprint density at radius 3 is 2.38 bits per heavy atom. The van der Waals surface area contributed by atoms with Crippen LogP contribution in [0.2, 0.25) is 0 Å². The monoisotopic (exact) mass is 342 g/mol. The van der Waals surface area contributed by atoms with E-state index >= 15 is 0 Å². The highest BCUT2D eigenvalue weighted by molar-refractivity contribution is 5.66. The van der Waals surface area contributed by atoms with Gasteiger partial charge in [0.25, 0.3) is 0 Å². The second-order valence-corrected chi connectivity index (χ2v) is 6.46. The van der Waals surface area contributed by atoms with E-state index in [1.807, 2.05) is 6.92 Å². The summed E-state index contributed by atoms with van der Waals surface area (Å²) in [5.41, 5.74) is 0. The Balaban J connectivity index is 3.73. The molecule has 0 bridgehead atoms. The molecule has 0 saturated heterocycles. The van der Waals surface area contributed by atoms with Gasteiger partial charge in [-0.15, -0.1) is 0 Å². The zero-order valence-corrected chi connectivity index (χ0v) is 15.7. The first-order valence-electron chi connectivity index (χ1n) is 9.78. The minimum absolute atomic E-state index is 0.0841. The molecule has 0 aromatic heterocycles. The molecule has 2 unspecified atom stereocenters. The molecule has 0 amide bonds. The smallest absolute Gasteiger partial charge is 0.303 e. The maximum Gasteiger partial charge on any atom is 0.303 e. The standard InChI is InChI=1S/C20H38O4/c1-3-5-12-15-18(21)19(24-4-2)16-13-10-8-6-7-9-11-14-17-20(22)23/h10,13,18-19,21H,3-9,11-12,14-17H2,1-2H3,(H,22,23). The highest BCUT2D eigenvalue weighted by atomic mass is 16.5. The van der Waals surface area contributed by atoms with Crippen molar-refractivity contribution in [1.82, 2.24) is 0 Å². The van der Waals surface area contributed by atoms with Gasteiger partial charge >= 0.3 is 5.97 Å². The molecule has 0 aromatic carbocycles. The van der Waals surface area contributed by atoms with Crippen molar-refractivity contribution in [1.29, 1.82) is 0 Å². The average molecular weight is 343 g/mol. The fourth-order valence-corrected chi connectivity index (χ4v) is 2.76. The molecular weight excluding hydrogens is 304 g/mol. The summed E-state index contributed by atoms with van der Waals surface area (Å²) in [6, 6.07) is 0. The van der Waals surface area contributed by atoms with Gasteiger partial charge in [0.05, 0.1) is 12.2 Å². The summed E-state index contributed by atoms with van der Waals surface area (Å²) < 4.78 is 5.68. The molecule has 142 valence electrons. The molecule has 0 rings (SSSR count). The Labute approximate surface area is 148 Å². The van der Waals surface area contributed by atoms with Crippen molar-refractivity contribution in [3.05, 3.63) is 12.2 Å². The molecule has 2 N–H and O–H groups in total. The van der Waals surface area contributed by atoms with Gasteiger partial charge < -0.3 is 14.9 Å². The van der Waals surface area contributed by atoms with Gasteiger partial charge in [0.1, 0.15) is 0 Å². The van der Waals surface area contributed by atoms with Gasteiger partial charge in [0.15, 0.2) is 0 Å². The topological polar surface area (TPSA) is 66.8 Å². The number of rotatable bonds is 17. The molecule has 0 aromatic rings. The van der Waals surface area contributed by atoms with Crippen molar-refractivity contribution in [2.75, 3.05) is 6.61 Å². The van der Waals surface area contributed by atoms with E-state index < -0.39 is 5.97 Å². The third-order valence-electron chi connectivity index (χ3n) is 4.21. The lowest BCUT2D eigenvalue weighted by Gasteiger charge is -2.21. The second-order valence-electron chi connectivity index (χ2n) is 6.46. The minimum atomic E-state index is -0.696. The minimum Gasteiger partial charge on any atom is -0.481 e. The Hall–Kier alpha value is -0.870. The van der Waals surface area contributed by atoms with Crippen LogP contribution in [0.25, 0.3) is 0 Å². The largest absolute Gasteiger partial charge is 0.481 e. The number of carboxylic acid groups (broad SMARTS) is 1. The first-order chi connectivity index (χ1) is 11.6. The maximum absolute atomic E-state index is 10.4. The molecule has 0 radical (unpaired) electrons. The Morgan fingerprint density at radius 2 is 1.71 bits per heavy atom. The van der Waals surface area contributed by atoms with E-state index in [1.54, 1.807) is 0 Å². The molecule has 0 heterocycles. The van der Waals surface area contributed by atoms with Crippen LogP contribution in [0.4, 0.5) is 0 Å². The first kappa shape index (κ1) is 23.1. The van der Waals surface area contributed by atoms with Crippen molar-refractivity contribution >= 4 is 5.97 Å². The van der Waals surface area contributed by atoms with E-state index in [-0.39, 0.29) is 12.2 Å². The molecule has 0 fully saturated rings. The highest BCUT2D eigenvalue weighted by Crippen LogP contribution is 2.14. The van der Waals surface area contributed by atoms with Gasteiger partial charge in [-0.05, 0) is 39.0 Å². The highest BCUT2D eigenvalue weighted by Gasteiger charge is 2.17. The predicted octanol–water partition coefficient (Wildman–Crippen LogP) is 5.09. The number of aliphatic carboxylic acids is 1. The molecule has 2 atom stereocenters. The molecule has 4 nitrogen and oxygen atoms in total. The van der Waals surface area contributed by atoms with E-state index in [0.717, 1.165) is 64.2 Å². The van der Waals surface area contributed by atoms with Gasteiger partial charge in [-0.1, -0.05) is 57.6 Å². The zero-order chi connectivity index (χ0) is 18.0. The number of carboxylic acids is 1. The van der Waals surface area contributed by atoms with Crippen LogP contribution in [0.15, 0.2) is 12.2 Å². The fourth-order valence-electron chi connectivity index (χ4n) is 2.76. The van der Waals surface area contributed by atoms with Crippen LogP contribution in [-0.2, 0) is 9.53 Å². The van der Waals surface area contributed by atoms with Gasteiger partial charge in [0, 0.05) is 13.0 Å². The lowest BCUT2D eigenvalue weighted by atomic mass is 10.0. The summed E-state index contributed by atoms with van der Waals surface area (Å²) in [6.07, 6.45) is 15.4. The Kier molecular flexibility index (Phi) is 16.4.